The lowest BCUT2D eigenvalue weighted by atomic mass is 10.1. The molecule has 84 heavy (non-hydrogen) atoms. The van der Waals surface area contributed by atoms with Crippen LogP contribution in [0.2, 0.25) is 20.1 Å². The predicted molar refractivity (Wildman–Crippen MR) is 319 cm³/mol. The number of imidazole rings is 2. The van der Waals surface area contributed by atoms with Gasteiger partial charge in [-0.05, 0) is 140 Å². The quantitative estimate of drug-likeness (QED) is 0.0794. The van der Waals surface area contributed by atoms with Gasteiger partial charge in [0.1, 0.15) is 53.5 Å². The molecule has 0 spiro atoms. The van der Waals surface area contributed by atoms with E-state index >= 15 is 0 Å². The first-order chi connectivity index (χ1) is 40.5. The number of ether oxygens (including phenoxy) is 3. The van der Waals surface area contributed by atoms with E-state index in [0.717, 1.165) is 80.5 Å². The highest BCUT2D eigenvalue weighted by Crippen LogP contribution is 2.32. The molecule has 10 aromatic rings. The molecule has 12 rings (SSSR count). The number of hydrogen-bond acceptors (Lipinski definition) is 15. The number of esters is 1. The molecule has 2 aliphatic rings. The number of hydrogen-bond donors (Lipinski definition) is 1. The first-order valence-electron chi connectivity index (χ1n) is 26.6. The molecule has 1 N–H and O–H groups in total. The maximum absolute atomic E-state index is 12.8. The zero-order valence-corrected chi connectivity index (χ0v) is 48.7. The molecule has 22 heteroatoms. The van der Waals surface area contributed by atoms with Crippen molar-refractivity contribution >= 4 is 91.6 Å². The van der Waals surface area contributed by atoms with E-state index < -0.39 is 11.6 Å². The average Bonchev–Trinajstić information content (AvgIpc) is 3.51. The Balaban J connectivity index is 0.000000176. The first-order valence-corrected chi connectivity index (χ1v) is 28.1. The molecule has 0 bridgehead atoms. The van der Waals surface area contributed by atoms with Crippen LogP contribution in [0.3, 0.4) is 0 Å². The monoisotopic (exact) mass is 1210 g/mol. The van der Waals surface area contributed by atoms with E-state index in [1.165, 1.54) is 12.8 Å². The van der Waals surface area contributed by atoms with Gasteiger partial charge < -0.3 is 37.3 Å². The SMILES string of the molecule is CC(C)(C)OC(=O)c1ccc2nc(CN3CC=C(c4cc(COc5ccc(Cl)cc5Cl)ccn4)C3)n(Cc3cnco3)c2c1.O=C(O)c1ccc2nc(CN3CC=C(c4cc(COc5ccc(Cl)cc5Cl)ccn4)C3)n(Cc3cnco3)c2c1. The number of benzene rings is 4. The molecule has 0 atom stereocenters. The van der Waals surface area contributed by atoms with Gasteiger partial charge in [-0.15, -0.1) is 0 Å². The van der Waals surface area contributed by atoms with E-state index in [1.54, 1.807) is 85.5 Å². The second kappa shape index (κ2) is 25.2. The minimum absolute atomic E-state index is 0.205. The van der Waals surface area contributed by atoms with Crippen molar-refractivity contribution in [3.05, 3.63) is 224 Å². The number of oxazole rings is 2. The zero-order chi connectivity index (χ0) is 58.5. The van der Waals surface area contributed by atoms with Gasteiger partial charge in [0.25, 0.3) is 0 Å². The topological polar surface area (TPSA) is 202 Å². The van der Waals surface area contributed by atoms with E-state index in [1.807, 2.05) is 61.7 Å². The van der Waals surface area contributed by atoms with Gasteiger partial charge in [-0.3, -0.25) is 19.8 Å². The van der Waals surface area contributed by atoms with Crippen LogP contribution in [0, 0.1) is 0 Å². The number of fused-ring (bicyclic) bond motifs is 2. The Kier molecular flexibility index (Phi) is 17.3. The van der Waals surface area contributed by atoms with Crippen LogP contribution in [0.15, 0.2) is 156 Å². The fourth-order valence-corrected chi connectivity index (χ4v) is 10.6. The van der Waals surface area contributed by atoms with Gasteiger partial charge in [0.2, 0.25) is 0 Å². The summed E-state index contributed by atoms with van der Waals surface area (Å²) in [7, 11) is 0. The molecule has 0 saturated heterocycles. The maximum atomic E-state index is 12.8. The number of pyridine rings is 2. The number of carbonyl (C=O) groups excluding carboxylic acids is 1. The van der Waals surface area contributed by atoms with Crippen LogP contribution in [0.25, 0.3) is 33.2 Å². The van der Waals surface area contributed by atoms with Crippen LogP contribution >= 0.6 is 46.4 Å². The summed E-state index contributed by atoms with van der Waals surface area (Å²) in [4.78, 5) is 56.0. The molecular formula is C62H54Cl4N10O8. The van der Waals surface area contributed by atoms with Crippen molar-refractivity contribution < 1.29 is 37.7 Å². The van der Waals surface area contributed by atoms with Crippen LogP contribution in [-0.4, -0.2) is 97.7 Å². The van der Waals surface area contributed by atoms with Gasteiger partial charge in [-0.1, -0.05) is 58.6 Å². The van der Waals surface area contributed by atoms with Crippen molar-refractivity contribution in [1.82, 2.24) is 48.8 Å². The number of carboxylic acid groups (broad SMARTS) is 1. The summed E-state index contributed by atoms with van der Waals surface area (Å²) in [5.41, 5.74) is 9.11. The lowest BCUT2D eigenvalue weighted by Crippen LogP contribution is -2.24. The number of rotatable bonds is 18. The van der Waals surface area contributed by atoms with Crippen LogP contribution in [-0.2, 0) is 44.1 Å². The molecule has 4 aromatic carbocycles. The van der Waals surface area contributed by atoms with Gasteiger partial charge in [0.15, 0.2) is 12.8 Å². The van der Waals surface area contributed by atoms with Gasteiger partial charge in [0.05, 0.1) is 93.2 Å². The number of halogens is 4. The third-order valence-corrected chi connectivity index (χ3v) is 14.8. The lowest BCUT2D eigenvalue weighted by Gasteiger charge is -2.19. The Morgan fingerprint density at radius 1 is 0.595 bits per heavy atom. The molecule has 0 fully saturated rings. The molecule has 6 aromatic heterocycles. The van der Waals surface area contributed by atoms with Gasteiger partial charge in [0, 0.05) is 48.6 Å². The molecule has 0 aliphatic carbocycles. The number of carboxylic acids is 1. The molecule has 0 saturated carbocycles. The van der Waals surface area contributed by atoms with E-state index in [-0.39, 0.29) is 11.5 Å². The van der Waals surface area contributed by atoms with Crippen LogP contribution in [0.4, 0.5) is 0 Å². The summed E-state index contributed by atoms with van der Waals surface area (Å²) >= 11 is 24.5. The largest absolute Gasteiger partial charge is 0.487 e. The number of aromatic carboxylic acids is 1. The van der Waals surface area contributed by atoms with Gasteiger partial charge in [-0.2, -0.15) is 0 Å². The molecule has 2 aliphatic heterocycles. The maximum Gasteiger partial charge on any atom is 0.338 e. The van der Waals surface area contributed by atoms with Crippen molar-refractivity contribution in [2.45, 2.75) is 65.8 Å². The second-order valence-corrected chi connectivity index (χ2v) is 22.7. The minimum Gasteiger partial charge on any atom is -0.487 e. The summed E-state index contributed by atoms with van der Waals surface area (Å²) < 4.78 is 32.5. The highest BCUT2D eigenvalue weighted by molar-refractivity contribution is 6.36. The van der Waals surface area contributed by atoms with Crippen molar-refractivity contribution in [2.24, 2.45) is 0 Å². The van der Waals surface area contributed by atoms with E-state index in [2.05, 4.69) is 46.5 Å². The molecule has 8 heterocycles. The molecule has 0 amide bonds. The highest BCUT2D eigenvalue weighted by Gasteiger charge is 2.25. The summed E-state index contributed by atoms with van der Waals surface area (Å²) in [5.74, 6) is 2.78. The number of aromatic nitrogens is 8. The fourth-order valence-electron chi connectivity index (χ4n) is 9.71. The molecule has 0 radical (unpaired) electrons. The Labute approximate surface area is 502 Å². The highest BCUT2D eigenvalue weighted by atomic mass is 35.5. The molecular weight excluding hydrogens is 1150 g/mol. The smallest absolute Gasteiger partial charge is 0.338 e. The molecule has 0 unspecified atom stereocenters. The Morgan fingerprint density at radius 2 is 1.07 bits per heavy atom. The predicted octanol–water partition coefficient (Wildman–Crippen LogP) is 13.2. The van der Waals surface area contributed by atoms with Crippen molar-refractivity contribution in [3.8, 4) is 11.5 Å². The molecule has 428 valence electrons. The molecule has 18 nitrogen and oxygen atoms in total. The van der Waals surface area contributed by atoms with Crippen molar-refractivity contribution in [1.29, 1.82) is 0 Å². The zero-order valence-electron chi connectivity index (χ0n) is 45.7. The normalized spacial score (nSPS) is 13.7. The van der Waals surface area contributed by atoms with Crippen LogP contribution in [0.1, 0.15) is 87.2 Å². The summed E-state index contributed by atoms with van der Waals surface area (Å²) in [6.07, 6.45) is 14.0. The standard InChI is InChI=1S/C33H31Cl2N5O4.C29H23Cl2N5O4/c1-33(2,3)44-32(41)22-4-6-27-29(13-22)40(17-25-15-36-20-43-25)31(38-27)18-39-11-9-23(16-39)28-12-21(8-10-37-28)19-42-30-7-5-24(34)14-26(30)35;30-21-2-4-27(23(31)11-21)39-16-18-5-7-33-25(9-18)20-6-8-35(13-20)15-28-34-24-3-1-19(29(37)38)10-26(24)36(28)14-22-12-32-17-40-22/h4-10,12-15,20H,11,16-19H2,1-3H3;1-7,9-12,17H,8,13-16H2,(H,37,38). The van der Waals surface area contributed by atoms with Gasteiger partial charge in [-0.25, -0.2) is 29.5 Å². The third kappa shape index (κ3) is 14.0. The Hall–Kier alpha value is -8.36. The van der Waals surface area contributed by atoms with Crippen LogP contribution in [0.5, 0.6) is 11.5 Å². The summed E-state index contributed by atoms with van der Waals surface area (Å²) in [6, 6.07) is 28.6. The lowest BCUT2D eigenvalue weighted by molar-refractivity contribution is 0.00693. The van der Waals surface area contributed by atoms with E-state index in [4.69, 9.17) is 79.4 Å². The number of carbonyl (C=O) groups is 2. The van der Waals surface area contributed by atoms with E-state index in [0.29, 0.717) is 101 Å². The average molecular weight is 1210 g/mol. The Bertz CT molecular complexity index is 4100. The van der Waals surface area contributed by atoms with Gasteiger partial charge >= 0.3 is 11.9 Å². The van der Waals surface area contributed by atoms with Crippen molar-refractivity contribution in [2.75, 3.05) is 26.2 Å². The third-order valence-electron chi connectivity index (χ3n) is 13.7. The van der Waals surface area contributed by atoms with E-state index in [9.17, 15) is 14.7 Å². The summed E-state index contributed by atoms with van der Waals surface area (Å²) in [5, 5.41) is 11.5. The van der Waals surface area contributed by atoms with Crippen LogP contribution < -0.4 is 9.47 Å². The minimum atomic E-state index is -0.986. The summed E-state index contributed by atoms with van der Waals surface area (Å²) in [6.45, 7) is 11.1. The first kappa shape index (κ1) is 57.5. The second-order valence-electron chi connectivity index (χ2n) is 21.0. The Morgan fingerprint density at radius 3 is 1.51 bits per heavy atom. The number of nitrogens with zero attached hydrogens (tertiary/aromatic N) is 10. The fraction of sp³-hybridized carbons (Fsp3) is 0.226. The van der Waals surface area contributed by atoms with Crippen molar-refractivity contribution in [3.63, 3.8) is 0 Å².